The third-order valence-electron chi connectivity index (χ3n) is 4.31. The number of benzene rings is 2. The maximum absolute atomic E-state index is 12.2. The molecule has 0 fully saturated rings. The zero-order valence-corrected chi connectivity index (χ0v) is 17.0. The van der Waals surface area contributed by atoms with Gasteiger partial charge in [-0.3, -0.25) is 14.9 Å². The molecule has 1 heterocycles. The van der Waals surface area contributed by atoms with E-state index in [9.17, 15) is 14.9 Å². The van der Waals surface area contributed by atoms with Crippen LogP contribution in [0, 0.1) is 24.0 Å². The molecular weight excluding hydrogens is 415 g/mol. The van der Waals surface area contributed by atoms with Crippen LogP contribution in [0.5, 0.6) is 0 Å². The van der Waals surface area contributed by atoms with Gasteiger partial charge in [-0.05, 0) is 44.2 Å². The van der Waals surface area contributed by atoms with E-state index in [1.807, 2.05) is 24.5 Å². The summed E-state index contributed by atoms with van der Waals surface area (Å²) < 4.78 is 1.94. The fourth-order valence-corrected chi connectivity index (χ4v) is 3.30. The van der Waals surface area contributed by atoms with Gasteiger partial charge in [0.25, 0.3) is 11.6 Å². The van der Waals surface area contributed by atoms with Crippen LogP contribution >= 0.6 is 23.2 Å². The van der Waals surface area contributed by atoms with E-state index < -0.39 is 10.8 Å². The lowest BCUT2D eigenvalue weighted by molar-refractivity contribution is -0.384. The smallest absolute Gasteiger partial charge is 0.271 e. The molecule has 29 heavy (non-hydrogen) atoms. The number of hydrogen-bond donors (Lipinski definition) is 1. The Labute approximate surface area is 176 Å². The highest BCUT2D eigenvalue weighted by Gasteiger charge is 2.13. The fraction of sp³-hybridized carbons (Fsp3) is 0.100. The normalized spacial score (nSPS) is 11.0. The van der Waals surface area contributed by atoms with Gasteiger partial charge in [0.2, 0.25) is 0 Å². The maximum atomic E-state index is 12.2. The quantitative estimate of drug-likeness (QED) is 0.347. The van der Waals surface area contributed by atoms with E-state index in [0.29, 0.717) is 10.0 Å². The van der Waals surface area contributed by atoms with Crippen molar-refractivity contribution in [3.05, 3.63) is 91.2 Å². The Bertz CT molecular complexity index is 1140. The zero-order valence-electron chi connectivity index (χ0n) is 15.5. The highest BCUT2D eigenvalue weighted by atomic mass is 35.5. The molecule has 0 bridgehead atoms. The molecule has 0 saturated heterocycles. The third kappa shape index (κ3) is 4.47. The number of hydrogen-bond acceptors (Lipinski definition) is 4. The molecule has 0 spiro atoms. The first-order chi connectivity index (χ1) is 13.8. The lowest BCUT2D eigenvalue weighted by Crippen LogP contribution is -2.17. The van der Waals surface area contributed by atoms with Gasteiger partial charge in [-0.25, -0.2) is 5.43 Å². The fourth-order valence-electron chi connectivity index (χ4n) is 2.93. The number of aryl methyl sites for hydroxylation is 1. The second kappa shape index (κ2) is 8.46. The number of carbonyl (C=O) groups is 1. The lowest BCUT2D eigenvalue weighted by atomic mass is 10.2. The molecule has 2 aromatic carbocycles. The largest absolute Gasteiger partial charge is 0.316 e. The summed E-state index contributed by atoms with van der Waals surface area (Å²) in [5.41, 5.74) is 5.66. The number of amides is 1. The van der Waals surface area contributed by atoms with Gasteiger partial charge in [-0.15, -0.1) is 0 Å². The summed E-state index contributed by atoms with van der Waals surface area (Å²) in [6.45, 7) is 3.82. The van der Waals surface area contributed by atoms with E-state index >= 15 is 0 Å². The van der Waals surface area contributed by atoms with Crippen molar-refractivity contribution >= 4 is 41.0 Å². The number of carbonyl (C=O) groups excluding carboxylic acids is 1. The number of nitrogens with zero attached hydrogens (tertiary/aromatic N) is 3. The van der Waals surface area contributed by atoms with Crippen LogP contribution in [0.15, 0.2) is 53.6 Å². The van der Waals surface area contributed by atoms with Crippen molar-refractivity contribution < 1.29 is 9.72 Å². The van der Waals surface area contributed by atoms with Crippen molar-refractivity contribution in [1.29, 1.82) is 0 Å². The molecule has 1 amide bonds. The van der Waals surface area contributed by atoms with Gasteiger partial charge in [0, 0.05) is 39.7 Å². The van der Waals surface area contributed by atoms with Gasteiger partial charge in [-0.2, -0.15) is 5.10 Å². The van der Waals surface area contributed by atoms with Crippen molar-refractivity contribution in [2.45, 2.75) is 13.8 Å². The van der Waals surface area contributed by atoms with E-state index in [0.717, 1.165) is 22.6 Å². The zero-order chi connectivity index (χ0) is 21.1. The average molecular weight is 431 g/mol. The summed E-state index contributed by atoms with van der Waals surface area (Å²) >= 11 is 12.4. The van der Waals surface area contributed by atoms with Gasteiger partial charge < -0.3 is 4.57 Å². The van der Waals surface area contributed by atoms with Gasteiger partial charge in [0.05, 0.1) is 21.8 Å². The summed E-state index contributed by atoms with van der Waals surface area (Å²) in [6, 6.07) is 12.5. The van der Waals surface area contributed by atoms with Crippen LogP contribution in [-0.2, 0) is 0 Å². The van der Waals surface area contributed by atoms with Gasteiger partial charge in [0.1, 0.15) is 0 Å². The molecule has 9 heteroatoms. The van der Waals surface area contributed by atoms with Crippen molar-refractivity contribution in [3.8, 4) is 5.69 Å². The van der Waals surface area contributed by atoms with Crippen molar-refractivity contribution in [2.75, 3.05) is 0 Å². The van der Waals surface area contributed by atoms with E-state index in [1.54, 1.807) is 18.2 Å². The Morgan fingerprint density at radius 2 is 1.93 bits per heavy atom. The first kappa shape index (κ1) is 20.6. The third-order valence-corrected chi connectivity index (χ3v) is 4.86. The minimum Gasteiger partial charge on any atom is -0.316 e. The average Bonchev–Trinajstić information content (AvgIpc) is 2.97. The molecule has 7 nitrogen and oxygen atoms in total. The minimum atomic E-state index is -0.560. The Hall–Kier alpha value is -3.16. The lowest BCUT2D eigenvalue weighted by Gasteiger charge is -2.12. The van der Waals surface area contributed by atoms with E-state index in [1.165, 1.54) is 30.5 Å². The van der Waals surface area contributed by atoms with E-state index in [2.05, 4.69) is 10.5 Å². The predicted molar refractivity (Wildman–Crippen MR) is 113 cm³/mol. The van der Waals surface area contributed by atoms with Gasteiger partial charge in [0.15, 0.2) is 0 Å². The number of rotatable bonds is 5. The molecule has 148 valence electrons. The molecule has 3 rings (SSSR count). The number of halogens is 2. The molecule has 1 N–H and O–H groups in total. The van der Waals surface area contributed by atoms with Gasteiger partial charge >= 0.3 is 0 Å². The number of hydrazone groups is 1. The summed E-state index contributed by atoms with van der Waals surface area (Å²) in [5, 5.41) is 15.9. The molecule has 0 aliphatic heterocycles. The number of aromatic nitrogens is 1. The first-order valence-corrected chi connectivity index (χ1v) is 9.25. The van der Waals surface area contributed by atoms with Crippen LogP contribution < -0.4 is 5.43 Å². The minimum absolute atomic E-state index is 0.146. The first-order valence-electron chi connectivity index (χ1n) is 8.50. The Kier molecular flexibility index (Phi) is 6.00. The predicted octanol–water partition coefficient (Wildman–Crippen LogP) is 5.07. The summed E-state index contributed by atoms with van der Waals surface area (Å²) in [7, 11) is 0. The van der Waals surface area contributed by atoms with Crippen molar-refractivity contribution in [3.63, 3.8) is 0 Å². The molecular formula is C20H16Cl2N4O3. The number of nitro benzene ring substituents is 1. The SMILES string of the molecule is Cc1cc(C=NNC(=O)c2cccc([N+](=O)[O-])c2)c(C)n1-c1cc(Cl)ccc1Cl. The van der Waals surface area contributed by atoms with Crippen LogP contribution in [0.1, 0.15) is 27.3 Å². The van der Waals surface area contributed by atoms with Crippen LogP contribution in [-0.4, -0.2) is 21.6 Å². The highest BCUT2D eigenvalue weighted by molar-refractivity contribution is 6.34. The second-order valence-corrected chi connectivity index (χ2v) is 7.11. The number of non-ortho nitro benzene ring substituents is 1. The number of nitrogens with one attached hydrogen (secondary N) is 1. The van der Waals surface area contributed by atoms with E-state index in [4.69, 9.17) is 23.2 Å². The van der Waals surface area contributed by atoms with E-state index in [-0.39, 0.29) is 11.3 Å². The van der Waals surface area contributed by atoms with Crippen LogP contribution in [0.4, 0.5) is 5.69 Å². The van der Waals surface area contributed by atoms with Crippen LogP contribution in [0.3, 0.4) is 0 Å². The second-order valence-electron chi connectivity index (χ2n) is 6.26. The number of nitro groups is 1. The summed E-state index contributed by atoms with van der Waals surface area (Å²) in [4.78, 5) is 22.5. The molecule has 0 aliphatic carbocycles. The summed E-state index contributed by atoms with van der Waals surface area (Å²) in [5.74, 6) is -0.545. The highest BCUT2D eigenvalue weighted by Crippen LogP contribution is 2.28. The summed E-state index contributed by atoms with van der Waals surface area (Å²) in [6.07, 6.45) is 1.51. The molecule has 0 aliphatic rings. The van der Waals surface area contributed by atoms with Crippen LogP contribution in [0.2, 0.25) is 10.0 Å². The maximum Gasteiger partial charge on any atom is 0.271 e. The standard InChI is InChI=1S/C20H16Cl2N4O3/c1-12-8-15(13(2)25(12)19-10-16(21)6-7-18(19)22)11-23-24-20(27)14-4-3-5-17(9-14)26(28)29/h3-11H,1-2H3,(H,24,27). The van der Waals surface area contributed by atoms with Gasteiger partial charge in [-0.1, -0.05) is 29.3 Å². The van der Waals surface area contributed by atoms with Crippen molar-refractivity contribution in [1.82, 2.24) is 9.99 Å². The Morgan fingerprint density at radius 3 is 2.66 bits per heavy atom. The molecule has 0 atom stereocenters. The molecule has 0 saturated carbocycles. The Morgan fingerprint density at radius 1 is 1.17 bits per heavy atom. The molecule has 0 unspecified atom stereocenters. The van der Waals surface area contributed by atoms with Crippen molar-refractivity contribution in [2.24, 2.45) is 5.10 Å². The van der Waals surface area contributed by atoms with Crippen LogP contribution in [0.25, 0.3) is 5.69 Å². The topological polar surface area (TPSA) is 89.5 Å². The molecule has 1 aromatic heterocycles. The molecule has 3 aromatic rings. The monoisotopic (exact) mass is 430 g/mol. The Balaban J connectivity index is 1.82. The molecule has 0 radical (unpaired) electrons.